The Balaban J connectivity index is 2.12. The fraction of sp³-hybridized carbons (Fsp3) is 0.333. The molecule has 0 radical (unpaired) electrons. The first-order valence-electron chi connectivity index (χ1n) is 4.05. The summed E-state index contributed by atoms with van der Waals surface area (Å²) in [4.78, 5) is 14.8. The highest BCUT2D eigenvalue weighted by Gasteiger charge is 2.21. The van der Waals surface area contributed by atoms with Gasteiger partial charge in [-0.25, -0.2) is 4.98 Å². The van der Waals surface area contributed by atoms with Crippen molar-refractivity contribution in [3.05, 3.63) is 23.9 Å². The summed E-state index contributed by atoms with van der Waals surface area (Å²) in [6, 6.07) is 3.55. The van der Waals surface area contributed by atoms with Crippen molar-refractivity contribution in [2.45, 2.75) is 10.3 Å². The van der Waals surface area contributed by atoms with E-state index in [0.717, 1.165) is 24.5 Å². The van der Waals surface area contributed by atoms with E-state index in [2.05, 4.69) is 4.98 Å². The molecule has 0 amide bonds. The summed E-state index contributed by atoms with van der Waals surface area (Å²) < 4.78 is 5.04. The Hall–Kier alpha value is -0.870. The van der Waals surface area contributed by atoms with Gasteiger partial charge in [-0.1, -0.05) is 11.8 Å². The average molecular weight is 195 g/mol. The average Bonchev–Trinajstić information content (AvgIpc) is 2.12. The zero-order chi connectivity index (χ0) is 9.10. The van der Waals surface area contributed by atoms with Crippen LogP contribution in [0.5, 0.6) is 0 Å². The molecule has 2 rings (SSSR count). The lowest BCUT2D eigenvalue weighted by atomic mass is 10.3. The molecule has 0 spiro atoms. The molecule has 68 valence electrons. The normalized spacial score (nSPS) is 16.6. The van der Waals surface area contributed by atoms with E-state index in [1.165, 1.54) is 0 Å². The van der Waals surface area contributed by atoms with Crippen LogP contribution in [0.25, 0.3) is 0 Å². The van der Waals surface area contributed by atoms with Crippen LogP contribution in [-0.2, 0) is 4.74 Å². The molecule has 3 nitrogen and oxygen atoms in total. The lowest BCUT2D eigenvalue weighted by Gasteiger charge is -2.24. The first-order valence-corrected chi connectivity index (χ1v) is 4.92. The molecule has 0 bridgehead atoms. The molecule has 1 aliphatic heterocycles. The van der Waals surface area contributed by atoms with E-state index in [1.54, 1.807) is 30.1 Å². The van der Waals surface area contributed by atoms with Gasteiger partial charge in [-0.2, -0.15) is 0 Å². The van der Waals surface area contributed by atoms with Crippen LogP contribution in [0.3, 0.4) is 0 Å². The number of nitrogens with zero attached hydrogens (tertiary/aromatic N) is 1. The number of aromatic nitrogens is 1. The molecule has 0 N–H and O–H groups in total. The SMILES string of the molecule is O=Cc1cccnc1SC1COC1. The maximum atomic E-state index is 10.6. The molecule has 1 fully saturated rings. The van der Waals surface area contributed by atoms with Crippen molar-refractivity contribution < 1.29 is 9.53 Å². The number of ether oxygens (including phenoxy) is 1. The van der Waals surface area contributed by atoms with Crippen molar-refractivity contribution in [3.8, 4) is 0 Å². The minimum absolute atomic E-state index is 0.466. The van der Waals surface area contributed by atoms with Crippen LogP contribution in [0.15, 0.2) is 23.4 Å². The molecule has 0 saturated carbocycles. The third-order valence-electron chi connectivity index (χ3n) is 1.81. The van der Waals surface area contributed by atoms with E-state index in [9.17, 15) is 4.79 Å². The van der Waals surface area contributed by atoms with Crippen molar-refractivity contribution in [2.75, 3.05) is 13.2 Å². The maximum absolute atomic E-state index is 10.6. The number of pyridine rings is 1. The molecule has 2 heterocycles. The highest BCUT2D eigenvalue weighted by Crippen LogP contribution is 2.27. The van der Waals surface area contributed by atoms with Gasteiger partial charge in [0.15, 0.2) is 6.29 Å². The zero-order valence-corrected chi connectivity index (χ0v) is 7.79. The molecular weight excluding hydrogens is 186 g/mol. The first kappa shape index (κ1) is 8.72. The van der Waals surface area contributed by atoms with Gasteiger partial charge in [0.1, 0.15) is 5.03 Å². The van der Waals surface area contributed by atoms with Crippen LogP contribution >= 0.6 is 11.8 Å². The van der Waals surface area contributed by atoms with Gasteiger partial charge in [0.2, 0.25) is 0 Å². The minimum atomic E-state index is 0.466. The molecule has 0 aliphatic carbocycles. The predicted molar refractivity (Wildman–Crippen MR) is 50.1 cm³/mol. The smallest absolute Gasteiger partial charge is 0.152 e. The Morgan fingerprint density at radius 1 is 1.62 bits per heavy atom. The Morgan fingerprint density at radius 2 is 2.46 bits per heavy atom. The molecule has 0 aromatic carbocycles. The van der Waals surface area contributed by atoms with Gasteiger partial charge in [-0.3, -0.25) is 4.79 Å². The number of aldehydes is 1. The topological polar surface area (TPSA) is 39.2 Å². The molecule has 4 heteroatoms. The summed E-state index contributed by atoms with van der Waals surface area (Å²) >= 11 is 1.61. The van der Waals surface area contributed by atoms with E-state index in [-0.39, 0.29) is 0 Å². The Morgan fingerprint density at radius 3 is 3.08 bits per heavy atom. The Bertz CT molecular complexity index is 312. The zero-order valence-electron chi connectivity index (χ0n) is 6.97. The molecule has 1 aliphatic rings. The molecular formula is C9H9NO2S. The highest BCUT2D eigenvalue weighted by molar-refractivity contribution is 8.00. The summed E-state index contributed by atoms with van der Waals surface area (Å²) in [5, 5.41) is 1.28. The molecule has 1 aromatic heterocycles. The quantitative estimate of drug-likeness (QED) is 0.683. The fourth-order valence-corrected chi connectivity index (χ4v) is 2.05. The minimum Gasteiger partial charge on any atom is -0.379 e. The standard InChI is InChI=1S/C9H9NO2S/c11-4-7-2-1-3-10-9(7)13-8-5-12-6-8/h1-4,8H,5-6H2. The van der Waals surface area contributed by atoms with Crippen LogP contribution < -0.4 is 0 Å². The number of carbonyl (C=O) groups excluding carboxylic acids is 1. The number of rotatable bonds is 3. The lowest BCUT2D eigenvalue weighted by molar-refractivity contribution is 0.0454. The van der Waals surface area contributed by atoms with Gasteiger partial charge in [0.05, 0.1) is 18.5 Å². The van der Waals surface area contributed by atoms with Crippen molar-refractivity contribution in [1.29, 1.82) is 0 Å². The summed E-state index contributed by atoms with van der Waals surface area (Å²) in [6.45, 7) is 1.53. The monoisotopic (exact) mass is 195 g/mol. The Labute approximate surface area is 80.5 Å². The molecule has 0 unspecified atom stereocenters. The molecule has 13 heavy (non-hydrogen) atoms. The van der Waals surface area contributed by atoms with E-state index < -0.39 is 0 Å². The number of hydrogen-bond donors (Lipinski definition) is 0. The summed E-state index contributed by atoms with van der Waals surface area (Å²) in [7, 11) is 0. The second-order valence-corrected chi connectivity index (χ2v) is 4.08. The van der Waals surface area contributed by atoms with Gasteiger partial charge in [0.25, 0.3) is 0 Å². The van der Waals surface area contributed by atoms with E-state index in [1.807, 2.05) is 0 Å². The molecule has 1 aromatic rings. The third kappa shape index (κ3) is 1.89. The van der Waals surface area contributed by atoms with Gasteiger partial charge in [-0.15, -0.1) is 0 Å². The lowest BCUT2D eigenvalue weighted by Crippen LogP contribution is -2.30. The first-order chi connectivity index (χ1) is 6.40. The molecule has 0 atom stereocenters. The van der Waals surface area contributed by atoms with Crippen LogP contribution in [0.4, 0.5) is 0 Å². The number of carbonyl (C=O) groups is 1. The van der Waals surface area contributed by atoms with Gasteiger partial charge in [0, 0.05) is 11.8 Å². The maximum Gasteiger partial charge on any atom is 0.152 e. The van der Waals surface area contributed by atoms with Crippen LogP contribution in [-0.4, -0.2) is 29.7 Å². The highest BCUT2D eigenvalue weighted by atomic mass is 32.2. The van der Waals surface area contributed by atoms with Gasteiger partial charge in [-0.05, 0) is 12.1 Å². The molecule has 1 saturated heterocycles. The van der Waals surface area contributed by atoms with Crippen molar-refractivity contribution in [3.63, 3.8) is 0 Å². The van der Waals surface area contributed by atoms with E-state index >= 15 is 0 Å². The number of hydrogen-bond acceptors (Lipinski definition) is 4. The predicted octanol–water partition coefficient (Wildman–Crippen LogP) is 1.38. The van der Waals surface area contributed by atoms with Crippen molar-refractivity contribution in [1.82, 2.24) is 4.98 Å². The van der Waals surface area contributed by atoms with Gasteiger partial charge < -0.3 is 4.74 Å². The third-order valence-corrected chi connectivity index (χ3v) is 2.98. The van der Waals surface area contributed by atoms with Crippen LogP contribution in [0, 0.1) is 0 Å². The van der Waals surface area contributed by atoms with Crippen LogP contribution in [0.1, 0.15) is 10.4 Å². The van der Waals surface area contributed by atoms with Gasteiger partial charge >= 0.3 is 0 Å². The fourth-order valence-electron chi connectivity index (χ4n) is 1.03. The van der Waals surface area contributed by atoms with Crippen LogP contribution in [0.2, 0.25) is 0 Å². The second-order valence-electron chi connectivity index (χ2n) is 2.79. The van der Waals surface area contributed by atoms with E-state index in [4.69, 9.17) is 4.74 Å². The van der Waals surface area contributed by atoms with Crippen molar-refractivity contribution >= 4 is 18.0 Å². The van der Waals surface area contributed by atoms with Crippen molar-refractivity contribution in [2.24, 2.45) is 0 Å². The number of thioether (sulfide) groups is 1. The van der Waals surface area contributed by atoms with E-state index in [0.29, 0.717) is 10.8 Å². The largest absolute Gasteiger partial charge is 0.379 e. The summed E-state index contributed by atoms with van der Waals surface area (Å²) in [5.74, 6) is 0. The summed E-state index contributed by atoms with van der Waals surface area (Å²) in [5.41, 5.74) is 0.666. The summed E-state index contributed by atoms with van der Waals surface area (Å²) in [6.07, 6.45) is 2.55. The Kier molecular flexibility index (Phi) is 2.61. The second kappa shape index (κ2) is 3.89.